The molecular formula is C11H19N5O. The van der Waals surface area contributed by atoms with Crippen molar-refractivity contribution in [3.8, 4) is 0 Å². The van der Waals surface area contributed by atoms with Gasteiger partial charge in [-0.25, -0.2) is 4.98 Å². The van der Waals surface area contributed by atoms with Gasteiger partial charge in [0.05, 0.1) is 12.0 Å². The van der Waals surface area contributed by atoms with Crippen molar-refractivity contribution in [1.82, 2.24) is 20.1 Å². The van der Waals surface area contributed by atoms with Crippen LogP contribution in [0.2, 0.25) is 0 Å². The molecule has 1 aliphatic carbocycles. The van der Waals surface area contributed by atoms with Crippen LogP contribution in [0.1, 0.15) is 32.0 Å². The number of nitrogens with zero attached hydrogens (tertiary/aromatic N) is 3. The molecule has 2 atom stereocenters. The van der Waals surface area contributed by atoms with Crippen molar-refractivity contribution in [2.24, 2.45) is 18.2 Å². The maximum atomic E-state index is 12.1. The van der Waals surface area contributed by atoms with Crippen LogP contribution in [0, 0.1) is 5.41 Å². The molecule has 0 radical (unpaired) electrons. The predicted molar refractivity (Wildman–Crippen MR) is 62.8 cm³/mol. The molecule has 1 aromatic rings. The van der Waals surface area contributed by atoms with E-state index in [2.05, 4.69) is 15.4 Å². The van der Waals surface area contributed by atoms with E-state index in [-0.39, 0.29) is 11.9 Å². The summed E-state index contributed by atoms with van der Waals surface area (Å²) in [7, 11) is 1.80. The van der Waals surface area contributed by atoms with Gasteiger partial charge in [-0.2, -0.15) is 5.10 Å². The highest BCUT2D eigenvalue weighted by Crippen LogP contribution is 2.36. The van der Waals surface area contributed by atoms with E-state index in [1.165, 1.54) is 0 Å². The van der Waals surface area contributed by atoms with Crippen molar-refractivity contribution in [3.63, 3.8) is 0 Å². The van der Waals surface area contributed by atoms with Gasteiger partial charge in [0, 0.05) is 13.1 Å². The lowest BCUT2D eigenvalue weighted by Gasteiger charge is -2.27. The van der Waals surface area contributed by atoms with Crippen molar-refractivity contribution < 1.29 is 4.79 Å². The summed E-state index contributed by atoms with van der Waals surface area (Å²) in [6.07, 6.45) is 4.42. The molecule has 0 spiro atoms. The van der Waals surface area contributed by atoms with E-state index in [1.54, 1.807) is 18.1 Å². The Bertz CT molecular complexity index is 416. The first-order chi connectivity index (χ1) is 8.02. The summed E-state index contributed by atoms with van der Waals surface area (Å²) in [4.78, 5) is 16.2. The molecule has 1 aliphatic rings. The maximum absolute atomic E-state index is 12.1. The Kier molecular flexibility index (Phi) is 3.15. The molecule has 3 N–H and O–H groups in total. The number of aryl methyl sites for hydroxylation is 1. The summed E-state index contributed by atoms with van der Waals surface area (Å²) >= 11 is 0. The molecular weight excluding hydrogens is 218 g/mol. The molecule has 1 heterocycles. The molecule has 1 amide bonds. The van der Waals surface area contributed by atoms with Crippen molar-refractivity contribution in [2.45, 2.75) is 38.8 Å². The van der Waals surface area contributed by atoms with Crippen molar-refractivity contribution in [3.05, 3.63) is 12.2 Å². The third-order valence-corrected chi connectivity index (χ3v) is 3.60. The van der Waals surface area contributed by atoms with Crippen LogP contribution in [-0.4, -0.2) is 26.7 Å². The minimum atomic E-state index is -0.436. The average Bonchev–Trinajstić information content (AvgIpc) is 2.84. The molecule has 1 aromatic heterocycles. The SMILES string of the molecule is Cn1cnc(CNC(=O)C2(C)CCCC2N)n1. The number of carbonyl (C=O) groups is 1. The van der Waals surface area contributed by atoms with Crippen LogP contribution in [-0.2, 0) is 18.4 Å². The minimum absolute atomic E-state index is 0.00922. The number of nitrogens with one attached hydrogen (secondary N) is 1. The topological polar surface area (TPSA) is 85.8 Å². The number of hydrogen-bond acceptors (Lipinski definition) is 4. The Morgan fingerprint density at radius 1 is 1.76 bits per heavy atom. The Labute approximate surface area is 101 Å². The monoisotopic (exact) mass is 237 g/mol. The van der Waals surface area contributed by atoms with Gasteiger partial charge in [0.15, 0.2) is 5.82 Å². The summed E-state index contributed by atoms with van der Waals surface area (Å²) < 4.78 is 1.62. The number of aromatic nitrogens is 3. The Balaban J connectivity index is 1.93. The lowest BCUT2D eigenvalue weighted by molar-refractivity contribution is -0.130. The second-order valence-electron chi connectivity index (χ2n) is 4.93. The van der Waals surface area contributed by atoms with Gasteiger partial charge in [0.25, 0.3) is 0 Å². The van der Waals surface area contributed by atoms with Crippen LogP contribution in [0.5, 0.6) is 0 Å². The standard InChI is InChI=1S/C11H19N5O/c1-11(5-3-4-8(11)12)10(17)13-6-9-14-7-16(2)15-9/h7-8H,3-6,12H2,1-2H3,(H,13,17). The molecule has 94 valence electrons. The van der Waals surface area contributed by atoms with Crippen LogP contribution >= 0.6 is 0 Å². The average molecular weight is 237 g/mol. The zero-order chi connectivity index (χ0) is 12.5. The fraction of sp³-hybridized carbons (Fsp3) is 0.727. The number of hydrogen-bond donors (Lipinski definition) is 2. The highest BCUT2D eigenvalue weighted by atomic mass is 16.2. The summed E-state index contributed by atoms with van der Waals surface area (Å²) in [6, 6.07) is -0.0424. The van der Waals surface area contributed by atoms with Crippen LogP contribution in [0.15, 0.2) is 6.33 Å². The Morgan fingerprint density at radius 3 is 3.06 bits per heavy atom. The van der Waals surface area contributed by atoms with E-state index in [4.69, 9.17) is 5.73 Å². The lowest BCUT2D eigenvalue weighted by atomic mass is 9.84. The molecule has 2 rings (SSSR count). The summed E-state index contributed by atoms with van der Waals surface area (Å²) in [5, 5.41) is 6.98. The van der Waals surface area contributed by atoms with Gasteiger partial charge in [-0.15, -0.1) is 0 Å². The fourth-order valence-electron chi connectivity index (χ4n) is 2.30. The Hall–Kier alpha value is -1.43. The fourth-order valence-corrected chi connectivity index (χ4v) is 2.30. The molecule has 0 saturated heterocycles. The van der Waals surface area contributed by atoms with E-state index in [0.717, 1.165) is 19.3 Å². The lowest BCUT2D eigenvalue weighted by Crippen LogP contribution is -2.47. The van der Waals surface area contributed by atoms with E-state index in [9.17, 15) is 4.79 Å². The quantitative estimate of drug-likeness (QED) is 0.771. The van der Waals surface area contributed by atoms with Gasteiger partial charge in [-0.05, 0) is 19.8 Å². The Morgan fingerprint density at radius 2 is 2.53 bits per heavy atom. The van der Waals surface area contributed by atoms with Crippen molar-refractivity contribution in [1.29, 1.82) is 0 Å². The van der Waals surface area contributed by atoms with Crippen LogP contribution in [0.3, 0.4) is 0 Å². The van der Waals surface area contributed by atoms with Gasteiger partial charge in [0.2, 0.25) is 5.91 Å². The molecule has 1 saturated carbocycles. The largest absolute Gasteiger partial charge is 0.348 e. The minimum Gasteiger partial charge on any atom is -0.348 e. The highest BCUT2D eigenvalue weighted by molar-refractivity contribution is 5.83. The van der Waals surface area contributed by atoms with Gasteiger partial charge in [-0.1, -0.05) is 6.42 Å². The molecule has 6 heteroatoms. The number of nitrogens with two attached hydrogens (primary N) is 1. The van der Waals surface area contributed by atoms with Gasteiger partial charge in [0.1, 0.15) is 6.33 Å². The molecule has 17 heavy (non-hydrogen) atoms. The number of amides is 1. The van der Waals surface area contributed by atoms with E-state index in [0.29, 0.717) is 12.4 Å². The van der Waals surface area contributed by atoms with Crippen molar-refractivity contribution in [2.75, 3.05) is 0 Å². The molecule has 0 aliphatic heterocycles. The summed E-state index contributed by atoms with van der Waals surface area (Å²) in [5.74, 6) is 0.631. The zero-order valence-corrected chi connectivity index (χ0v) is 10.3. The molecule has 6 nitrogen and oxygen atoms in total. The normalized spacial score (nSPS) is 28.3. The molecule has 0 bridgehead atoms. The third kappa shape index (κ3) is 2.31. The van der Waals surface area contributed by atoms with E-state index < -0.39 is 5.41 Å². The van der Waals surface area contributed by atoms with Gasteiger partial charge >= 0.3 is 0 Å². The summed E-state index contributed by atoms with van der Waals surface area (Å²) in [6.45, 7) is 2.30. The molecule has 1 fully saturated rings. The third-order valence-electron chi connectivity index (χ3n) is 3.60. The molecule has 0 aromatic carbocycles. The van der Waals surface area contributed by atoms with Gasteiger partial charge < -0.3 is 11.1 Å². The van der Waals surface area contributed by atoms with Crippen LogP contribution in [0.25, 0.3) is 0 Å². The maximum Gasteiger partial charge on any atom is 0.227 e. The zero-order valence-electron chi connectivity index (χ0n) is 10.3. The first-order valence-electron chi connectivity index (χ1n) is 5.91. The first kappa shape index (κ1) is 12.0. The summed E-state index contributed by atoms with van der Waals surface area (Å²) in [5.41, 5.74) is 5.56. The van der Waals surface area contributed by atoms with Crippen LogP contribution in [0.4, 0.5) is 0 Å². The van der Waals surface area contributed by atoms with Crippen LogP contribution < -0.4 is 11.1 Å². The smallest absolute Gasteiger partial charge is 0.227 e. The second kappa shape index (κ2) is 4.44. The molecule has 2 unspecified atom stereocenters. The second-order valence-corrected chi connectivity index (χ2v) is 4.93. The van der Waals surface area contributed by atoms with Gasteiger partial charge in [-0.3, -0.25) is 9.48 Å². The predicted octanol–water partition coefficient (Wildman–Crippen LogP) is -0.0512. The van der Waals surface area contributed by atoms with Crippen molar-refractivity contribution >= 4 is 5.91 Å². The highest BCUT2D eigenvalue weighted by Gasteiger charge is 2.42. The number of carbonyl (C=O) groups excluding carboxylic acids is 1. The number of rotatable bonds is 3. The van der Waals surface area contributed by atoms with E-state index >= 15 is 0 Å². The first-order valence-corrected chi connectivity index (χ1v) is 5.91. The van der Waals surface area contributed by atoms with E-state index in [1.807, 2.05) is 6.92 Å².